The Morgan fingerprint density at radius 3 is 2.89 bits per heavy atom. The van der Waals surface area contributed by atoms with Gasteiger partial charge in [0.15, 0.2) is 0 Å². The fraction of sp³-hybridized carbons (Fsp3) is 0.600. The van der Waals surface area contributed by atoms with Crippen LogP contribution in [0.5, 0.6) is 5.75 Å². The summed E-state index contributed by atoms with van der Waals surface area (Å²) in [5.74, 6) is 1.74. The van der Waals surface area contributed by atoms with Crippen LogP contribution in [-0.2, 0) is 6.42 Å². The van der Waals surface area contributed by atoms with Crippen LogP contribution in [0.3, 0.4) is 0 Å². The highest BCUT2D eigenvalue weighted by Crippen LogP contribution is 2.28. The summed E-state index contributed by atoms with van der Waals surface area (Å²) in [4.78, 5) is 0. The lowest BCUT2D eigenvalue weighted by Gasteiger charge is -2.30. The summed E-state index contributed by atoms with van der Waals surface area (Å²) in [5.41, 5.74) is 1.44. The van der Waals surface area contributed by atoms with Crippen molar-refractivity contribution in [3.05, 3.63) is 29.8 Å². The Morgan fingerprint density at radius 1 is 1.44 bits per heavy atom. The molecule has 2 nitrogen and oxygen atoms in total. The molecular weight excluding hydrogens is 246 g/mol. The third kappa shape index (κ3) is 3.18. The lowest BCUT2D eigenvalue weighted by atomic mass is 9.95. The highest BCUT2D eigenvalue weighted by Gasteiger charge is 2.26. The van der Waals surface area contributed by atoms with Gasteiger partial charge in [0, 0.05) is 24.4 Å². The maximum absolute atomic E-state index is 5.93. The van der Waals surface area contributed by atoms with E-state index in [2.05, 4.69) is 31.3 Å². The standard InChI is InChI=1S/C15H22ClNO/c1-3-15(2,8-9-16)17-11-13-10-12-6-4-5-7-14(12)18-13/h4-7,13,17H,3,8-11H2,1-2H3. The molecule has 1 aromatic carbocycles. The van der Waals surface area contributed by atoms with Crippen molar-refractivity contribution in [1.82, 2.24) is 5.32 Å². The Kier molecular flexibility index (Phi) is 4.52. The second kappa shape index (κ2) is 5.94. The Balaban J connectivity index is 1.86. The summed E-state index contributed by atoms with van der Waals surface area (Å²) in [7, 11) is 0. The van der Waals surface area contributed by atoms with Crippen LogP contribution in [-0.4, -0.2) is 24.1 Å². The molecule has 1 aliphatic heterocycles. The maximum Gasteiger partial charge on any atom is 0.123 e. The topological polar surface area (TPSA) is 21.3 Å². The highest BCUT2D eigenvalue weighted by atomic mass is 35.5. The molecule has 0 amide bonds. The molecule has 1 heterocycles. The number of hydrogen-bond donors (Lipinski definition) is 1. The van der Waals surface area contributed by atoms with Gasteiger partial charge in [0.2, 0.25) is 0 Å². The Morgan fingerprint density at radius 2 is 2.22 bits per heavy atom. The normalized spacial score (nSPS) is 21.2. The first kappa shape index (κ1) is 13.7. The average molecular weight is 268 g/mol. The first-order valence-electron chi connectivity index (χ1n) is 6.72. The Hall–Kier alpha value is -0.730. The van der Waals surface area contributed by atoms with Gasteiger partial charge in [0.25, 0.3) is 0 Å². The number of ether oxygens (including phenoxy) is 1. The fourth-order valence-corrected chi connectivity index (χ4v) is 2.74. The predicted molar refractivity (Wildman–Crippen MR) is 76.6 cm³/mol. The van der Waals surface area contributed by atoms with Gasteiger partial charge in [-0.15, -0.1) is 11.6 Å². The van der Waals surface area contributed by atoms with E-state index >= 15 is 0 Å². The molecule has 1 N–H and O–H groups in total. The van der Waals surface area contributed by atoms with Gasteiger partial charge in [-0.3, -0.25) is 0 Å². The molecule has 2 rings (SSSR count). The van der Waals surface area contributed by atoms with E-state index < -0.39 is 0 Å². The van der Waals surface area contributed by atoms with Crippen molar-refractivity contribution in [2.75, 3.05) is 12.4 Å². The van der Waals surface area contributed by atoms with Crippen molar-refractivity contribution in [2.24, 2.45) is 0 Å². The van der Waals surface area contributed by atoms with Gasteiger partial charge in [-0.2, -0.15) is 0 Å². The summed E-state index contributed by atoms with van der Waals surface area (Å²) < 4.78 is 5.93. The van der Waals surface area contributed by atoms with E-state index in [1.807, 2.05) is 12.1 Å². The number of nitrogens with one attached hydrogen (secondary N) is 1. The number of fused-ring (bicyclic) bond motifs is 1. The van der Waals surface area contributed by atoms with Gasteiger partial charge in [0.1, 0.15) is 11.9 Å². The monoisotopic (exact) mass is 267 g/mol. The summed E-state index contributed by atoms with van der Waals surface area (Å²) in [6, 6.07) is 8.29. The van der Waals surface area contributed by atoms with E-state index in [1.54, 1.807) is 0 Å². The fourth-order valence-electron chi connectivity index (χ4n) is 2.33. The predicted octanol–water partition coefficient (Wildman–Crippen LogP) is 3.38. The van der Waals surface area contributed by atoms with E-state index in [0.717, 1.165) is 31.6 Å². The van der Waals surface area contributed by atoms with Crippen LogP contribution in [0.4, 0.5) is 0 Å². The molecule has 1 aromatic rings. The molecule has 2 atom stereocenters. The summed E-state index contributed by atoms with van der Waals surface area (Å²) in [6.45, 7) is 5.32. The van der Waals surface area contributed by atoms with Crippen LogP contribution < -0.4 is 10.1 Å². The van der Waals surface area contributed by atoms with Crippen LogP contribution in [0.2, 0.25) is 0 Å². The Labute approximate surface area is 115 Å². The number of alkyl halides is 1. The van der Waals surface area contributed by atoms with Gasteiger partial charge in [-0.25, -0.2) is 0 Å². The van der Waals surface area contributed by atoms with Crippen LogP contribution in [0, 0.1) is 0 Å². The summed E-state index contributed by atoms with van der Waals surface area (Å²) >= 11 is 5.86. The van der Waals surface area contributed by atoms with Gasteiger partial charge < -0.3 is 10.1 Å². The summed E-state index contributed by atoms with van der Waals surface area (Å²) in [5, 5.41) is 3.61. The molecule has 0 spiro atoms. The molecule has 3 heteroatoms. The van der Waals surface area contributed by atoms with E-state index in [4.69, 9.17) is 16.3 Å². The van der Waals surface area contributed by atoms with Gasteiger partial charge in [-0.1, -0.05) is 25.1 Å². The largest absolute Gasteiger partial charge is 0.488 e. The minimum absolute atomic E-state index is 0.125. The van der Waals surface area contributed by atoms with Crippen LogP contribution in [0.15, 0.2) is 24.3 Å². The quantitative estimate of drug-likeness (QED) is 0.798. The second-order valence-electron chi connectivity index (χ2n) is 5.29. The lowest BCUT2D eigenvalue weighted by Crippen LogP contribution is -2.46. The third-order valence-corrected chi connectivity index (χ3v) is 4.09. The van der Waals surface area contributed by atoms with Crippen molar-refractivity contribution in [2.45, 2.75) is 44.8 Å². The van der Waals surface area contributed by atoms with Crippen molar-refractivity contribution < 1.29 is 4.74 Å². The van der Waals surface area contributed by atoms with E-state index in [-0.39, 0.29) is 11.6 Å². The van der Waals surface area contributed by atoms with E-state index in [1.165, 1.54) is 5.56 Å². The number of para-hydroxylation sites is 1. The zero-order chi connectivity index (χ0) is 13.0. The molecule has 0 radical (unpaired) electrons. The van der Waals surface area contributed by atoms with Crippen molar-refractivity contribution in [1.29, 1.82) is 0 Å². The highest BCUT2D eigenvalue weighted by molar-refractivity contribution is 6.17. The molecule has 1 aliphatic rings. The number of halogens is 1. The van der Waals surface area contributed by atoms with Crippen LogP contribution in [0.25, 0.3) is 0 Å². The minimum atomic E-state index is 0.125. The molecular formula is C15H22ClNO. The molecule has 0 bridgehead atoms. The molecule has 0 aliphatic carbocycles. The van der Waals surface area contributed by atoms with Crippen LogP contribution in [0.1, 0.15) is 32.3 Å². The SMILES string of the molecule is CCC(C)(CCCl)NCC1Cc2ccccc2O1. The third-order valence-electron chi connectivity index (χ3n) is 3.90. The lowest BCUT2D eigenvalue weighted by molar-refractivity contribution is 0.201. The second-order valence-corrected chi connectivity index (χ2v) is 5.66. The molecule has 0 fully saturated rings. The Bertz CT molecular complexity index is 371. The minimum Gasteiger partial charge on any atom is -0.488 e. The smallest absolute Gasteiger partial charge is 0.123 e. The van der Waals surface area contributed by atoms with Crippen molar-refractivity contribution >= 4 is 11.6 Å². The molecule has 0 saturated carbocycles. The van der Waals surface area contributed by atoms with Crippen LogP contribution >= 0.6 is 11.6 Å². The van der Waals surface area contributed by atoms with Gasteiger partial charge in [-0.05, 0) is 31.4 Å². The first-order chi connectivity index (χ1) is 8.67. The van der Waals surface area contributed by atoms with Gasteiger partial charge >= 0.3 is 0 Å². The molecule has 100 valence electrons. The number of hydrogen-bond acceptors (Lipinski definition) is 2. The van der Waals surface area contributed by atoms with Gasteiger partial charge in [0.05, 0.1) is 0 Å². The number of benzene rings is 1. The molecule has 0 saturated heterocycles. The average Bonchev–Trinajstić information content (AvgIpc) is 2.79. The van der Waals surface area contributed by atoms with Crippen molar-refractivity contribution in [3.8, 4) is 5.75 Å². The first-order valence-corrected chi connectivity index (χ1v) is 7.26. The van der Waals surface area contributed by atoms with Crippen molar-refractivity contribution in [3.63, 3.8) is 0 Å². The molecule has 18 heavy (non-hydrogen) atoms. The number of rotatable bonds is 6. The zero-order valence-corrected chi connectivity index (χ0v) is 12.0. The maximum atomic E-state index is 5.93. The van der Waals surface area contributed by atoms with E-state index in [0.29, 0.717) is 5.88 Å². The molecule has 0 aromatic heterocycles. The zero-order valence-electron chi connectivity index (χ0n) is 11.2. The molecule has 2 unspecified atom stereocenters. The van der Waals surface area contributed by atoms with E-state index in [9.17, 15) is 0 Å². The summed E-state index contributed by atoms with van der Waals surface area (Å²) in [6.07, 6.45) is 3.33.